The molecule has 6 atom stereocenters. The summed E-state index contributed by atoms with van der Waals surface area (Å²) in [6, 6.07) is 2.76. The molecule has 434 valence electrons. The number of alkyl halides is 1. The Hall–Kier alpha value is -5.54. The number of benzene rings is 1. The maximum Gasteiger partial charge on any atom is 0.324 e. The second kappa shape index (κ2) is 25.1. The summed E-state index contributed by atoms with van der Waals surface area (Å²) in [6.07, 6.45) is 5.85. The molecule has 1 aromatic carbocycles. The number of hydrazine groups is 1. The molecule has 6 bridgehead atoms. The zero-order chi connectivity index (χ0) is 57.1. The number of piperidine rings is 1. The van der Waals surface area contributed by atoms with E-state index in [0.717, 1.165) is 44.4 Å². The fourth-order valence-corrected chi connectivity index (χ4v) is 11.7. The number of thiazole rings is 1. The van der Waals surface area contributed by atoms with Gasteiger partial charge in [-0.1, -0.05) is 54.0 Å². The number of anilines is 1. The van der Waals surface area contributed by atoms with Gasteiger partial charge in [-0.25, -0.2) is 19.2 Å². The Balaban J connectivity index is 0.00000125. The molecule has 79 heavy (non-hydrogen) atoms. The van der Waals surface area contributed by atoms with Crippen molar-refractivity contribution in [1.82, 2.24) is 45.0 Å². The van der Waals surface area contributed by atoms with E-state index >= 15 is 8.78 Å². The largest absolute Gasteiger partial charge is 0.464 e. The molecule has 5 fully saturated rings. The van der Waals surface area contributed by atoms with E-state index in [4.69, 9.17) is 24.2 Å². The Morgan fingerprint density at radius 3 is 2.38 bits per heavy atom. The number of likely N-dealkylation sites (N-methyl/N-ethyl adjacent to an activating group) is 2. The molecule has 3 aromatic heterocycles. The van der Waals surface area contributed by atoms with Crippen molar-refractivity contribution in [2.45, 2.75) is 149 Å². The number of methoxy groups -OCH3 is 1. The number of hydrogen-bond donors (Lipinski definition) is 2. The van der Waals surface area contributed by atoms with Crippen molar-refractivity contribution in [3.63, 3.8) is 0 Å². The molecule has 17 nitrogen and oxygen atoms in total. The lowest BCUT2D eigenvalue weighted by molar-refractivity contribution is -0.153. The average Bonchev–Trinajstić information content (AvgIpc) is 4.53. The van der Waals surface area contributed by atoms with Crippen molar-refractivity contribution in [2.75, 3.05) is 85.2 Å². The van der Waals surface area contributed by atoms with Gasteiger partial charge >= 0.3 is 5.97 Å². The highest BCUT2D eigenvalue weighted by molar-refractivity contribution is 7.10. The van der Waals surface area contributed by atoms with Crippen LogP contribution < -0.4 is 15.6 Å². The van der Waals surface area contributed by atoms with E-state index < -0.39 is 52.8 Å². The van der Waals surface area contributed by atoms with Crippen LogP contribution in [0, 0.1) is 17.2 Å². The molecule has 1 saturated carbocycles. The van der Waals surface area contributed by atoms with Crippen molar-refractivity contribution in [3.05, 3.63) is 64.1 Å². The number of aromatic nitrogens is 3. The molecule has 0 radical (unpaired) electrons. The molecule has 1 aliphatic carbocycles. The van der Waals surface area contributed by atoms with Crippen LogP contribution >= 0.6 is 11.3 Å². The number of likely N-dealkylation sites (tertiary alicyclic amines) is 1. The first-order valence-electron chi connectivity index (χ1n) is 28.5. The molecule has 20 heteroatoms. The van der Waals surface area contributed by atoms with E-state index in [9.17, 15) is 19.2 Å². The second-order valence-electron chi connectivity index (χ2n) is 22.9. The van der Waals surface area contributed by atoms with Gasteiger partial charge in [0.1, 0.15) is 23.9 Å². The third kappa shape index (κ3) is 13.3. The van der Waals surface area contributed by atoms with Gasteiger partial charge in [0.05, 0.1) is 71.5 Å². The van der Waals surface area contributed by atoms with Crippen LogP contribution in [0.25, 0.3) is 33.4 Å². The molecular weight excluding hydrogens is 1030 g/mol. The Morgan fingerprint density at radius 2 is 1.75 bits per heavy atom. The number of morpholine rings is 1. The normalized spacial score (nSPS) is 23.7. The van der Waals surface area contributed by atoms with Crippen LogP contribution in [0.15, 0.2) is 42.1 Å². The van der Waals surface area contributed by atoms with E-state index in [2.05, 4.69) is 53.6 Å². The number of halogens is 2. The van der Waals surface area contributed by atoms with Gasteiger partial charge in [-0.15, -0.1) is 11.3 Å². The maximum absolute atomic E-state index is 16.9. The molecule has 6 aliphatic rings. The zero-order valence-corrected chi connectivity index (χ0v) is 49.2. The molecule has 3 amide bonds. The highest BCUT2D eigenvalue weighted by Gasteiger charge is 2.48. The summed E-state index contributed by atoms with van der Waals surface area (Å²) in [7, 11) is 4.92. The number of pyridine rings is 1. The fourth-order valence-electron chi connectivity index (χ4n) is 10.9. The number of amides is 3. The minimum atomic E-state index is -2.25. The number of carbonyl (C=O) groups excluding carboxylic acids is 4. The van der Waals surface area contributed by atoms with Gasteiger partial charge in [-0.2, -0.15) is 0 Å². The molecule has 8 heterocycles. The predicted molar refractivity (Wildman–Crippen MR) is 307 cm³/mol. The number of esters is 1. The van der Waals surface area contributed by atoms with Crippen LogP contribution in [0.2, 0.25) is 0 Å². The summed E-state index contributed by atoms with van der Waals surface area (Å²) in [6.45, 7) is 24.9. The highest BCUT2D eigenvalue weighted by atomic mass is 32.1. The first kappa shape index (κ1) is 59.6. The Labute approximate surface area is 470 Å². The standard InChI is InChI=1S/C53H70F2N10O7S.C4H8.C2H6.H2/c1-10-64-43-24-39(54)36-23-35(43)38(47(64)37-22-34(62-18-20-71-21-19-62)27-56-46(37)33(4)70-9)26-52(5,6)30-72-50(68)40-12-11-15-65(59-40)31(2)41(25-45-57-42(36)29-73-45)58-48(66)32(3)61(8)51(69)53(55)13-16-63(17-14-53)49(67)44-28-60(44)7;1-4-2-3-4;1-2;/h22-24,27,29,32-33,40-41,44,59H,2,10-21,25-26,28,30H2,1,3-9H3,(H,58,66);4H,2-3H2,1H3;1-2H3;1H/t32-,33-,40-,41-,44+,60?;;;/m0.../s1. The summed E-state index contributed by atoms with van der Waals surface area (Å²) in [4.78, 5) is 72.0. The molecule has 2 N–H and O–H groups in total. The van der Waals surface area contributed by atoms with E-state index in [1.165, 1.54) is 38.1 Å². The number of aryl methyl sites for hydroxylation is 1. The van der Waals surface area contributed by atoms with Crippen molar-refractivity contribution < 1.29 is 43.6 Å². The van der Waals surface area contributed by atoms with Crippen molar-refractivity contribution in [3.8, 4) is 22.5 Å². The van der Waals surface area contributed by atoms with Gasteiger partial charge in [-0.3, -0.25) is 29.1 Å². The Kier molecular flexibility index (Phi) is 18.9. The number of nitrogens with zero attached hydrogens (tertiary/aromatic N) is 8. The highest BCUT2D eigenvalue weighted by Crippen LogP contribution is 2.44. The van der Waals surface area contributed by atoms with E-state index in [-0.39, 0.29) is 58.4 Å². The van der Waals surface area contributed by atoms with Gasteiger partial charge < -0.3 is 43.8 Å². The molecular formula is C59H86F2N10O7S. The Bertz CT molecular complexity index is 2860. The summed E-state index contributed by atoms with van der Waals surface area (Å²) < 4.78 is 53.3. The first-order valence-corrected chi connectivity index (χ1v) is 29.4. The van der Waals surface area contributed by atoms with Crippen LogP contribution in [0.4, 0.5) is 14.5 Å². The van der Waals surface area contributed by atoms with Gasteiger partial charge in [0.25, 0.3) is 5.91 Å². The molecule has 5 aliphatic heterocycles. The number of ether oxygens (including phenoxy) is 3. The maximum atomic E-state index is 16.9. The van der Waals surface area contributed by atoms with Gasteiger partial charge in [-0.05, 0) is 76.8 Å². The third-order valence-corrected chi connectivity index (χ3v) is 17.3. The van der Waals surface area contributed by atoms with Gasteiger partial charge in [0.15, 0.2) is 5.67 Å². The molecule has 1 unspecified atom stereocenters. The minimum absolute atomic E-state index is 0. The lowest BCUT2D eigenvalue weighted by Gasteiger charge is -2.40. The lowest BCUT2D eigenvalue weighted by Crippen LogP contribution is -2.59. The molecule has 10 rings (SSSR count). The van der Waals surface area contributed by atoms with Gasteiger partial charge in [0.2, 0.25) is 11.8 Å². The average molecular weight is 1120 g/mol. The number of carbonyl (C=O) groups is 4. The van der Waals surface area contributed by atoms with Crippen LogP contribution in [-0.4, -0.2) is 168 Å². The van der Waals surface area contributed by atoms with Crippen LogP contribution in [0.3, 0.4) is 0 Å². The number of nitrogens with one attached hydrogen (secondary N) is 2. The first-order chi connectivity index (χ1) is 37.7. The SMILES string of the molecule is C=C1[C@@H](NC(=O)[C@H](C)N(C)C(=O)C2(F)CCN(C(=O)[C@H]3CN3C)CC2)Cc2nc(cs2)-c2cc3c(c(-c4cc(N5CCOCC5)cnc4[C@H](C)OC)n(CC)c3cc2F)CC(C)(C)COC(=O)[C@@H]2CCCN1N2.CC.CC1CC1.[HH]. The summed E-state index contributed by atoms with van der Waals surface area (Å²) in [5.74, 6) is -1.25. The van der Waals surface area contributed by atoms with E-state index in [1.807, 2.05) is 57.3 Å². The molecule has 4 aromatic rings. The van der Waals surface area contributed by atoms with Crippen LogP contribution in [-0.2, 0) is 52.8 Å². The summed E-state index contributed by atoms with van der Waals surface area (Å²) in [5, 5.41) is 8.03. The zero-order valence-electron chi connectivity index (χ0n) is 48.4. The summed E-state index contributed by atoms with van der Waals surface area (Å²) in [5.41, 5.74) is 6.69. The Morgan fingerprint density at radius 1 is 1.06 bits per heavy atom. The van der Waals surface area contributed by atoms with E-state index in [1.54, 1.807) is 23.1 Å². The smallest absolute Gasteiger partial charge is 0.324 e. The number of fused-ring (bicyclic) bond motifs is 6. The van der Waals surface area contributed by atoms with Crippen molar-refractivity contribution in [2.24, 2.45) is 11.3 Å². The topological polar surface area (TPSA) is 167 Å². The summed E-state index contributed by atoms with van der Waals surface area (Å²) >= 11 is 1.32. The molecule has 4 saturated heterocycles. The lowest BCUT2D eigenvalue weighted by atomic mass is 9.84. The predicted octanol–water partition coefficient (Wildman–Crippen LogP) is 8.35. The van der Waals surface area contributed by atoms with Crippen LogP contribution in [0.5, 0.6) is 0 Å². The van der Waals surface area contributed by atoms with Crippen molar-refractivity contribution >= 4 is 51.6 Å². The van der Waals surface area contributed by atoms with E-state index in [0.29, 0.717) is 92.7 Å². The third-order valence-electron chi connectivity index (χ3n) is 16.4. The molecule has 0 spiro atoms. The fraction of sp³-hybridized carbons (Fsp3) is 0.627. The van der Waals surface area contributed by atoms with Crippen LogP contribution in [0.1, 0.15) is 118 Å². The number of rotatable bonds is 10. The quantitative estimate of drug-likeness (QED) is 0.115. The van der Waals surface area contributed by atoms with Crippen molar-refractivity contribution in [1.29, 1.82) is 0 Å². The second-order valence-corrected chi connectivity index (χ2v) is 23.8. The van der Waals surface area contributed by atoms with Gasteiger partial charge in [0, 0.05) is 114 Å². The minimum Gasteiger partial charge on any atom is -0.464 e. The number of cyclic esters (lactones) is 1. The monoisotopic (exact) mass is 1120 g/mol. The number of hydrogen-bond acceptors (Lipinski definition) is 14.